The minimum Gasteiger partial charge on any atom is -0.496 e. The van der Waals surface area contributed by atoms with Gasteiger partial charge in [-0.1, -0.05) is 41.2 Å². The lowest BCUT2D eigenvalue weighted by atomic mass is 10.1. The summed E-state index contributed by atoms with van der Waals surface area (Å²) >= 11 is 1.47. The number of hydrogen-bond donors (Lipinski definition) is 0. The summed E-state index contributed by atoms with van der Waals surface area (Å²) in [7, 11) is 3.33. The number of aromatic nitrogens is 5. The highest BCUT2D eigenvalue weighted by atomic mass is 32.2. The van der Waals surface area contributed by atoms with Gasteiger partial charge in [0.2, 0.25) is 5.78 Å². The lowest BCUT2D eigenvalue weighted by Crippen LogP contribution is -2.20. The van der Waals surface area contributed by atoms with Gasteiger partial charge in [-0.25, -0.2) is 0 Å². The third-order valence-corrected chi connectivity index (χ3v) is 5.83. The van der Waals surface area contributed by atoms with Gasteiger partial charge in [0.1, 0.15) is 17.2 Å². The summed E-state index contributed by atoms with van der Waals surface area (Å²) in [5, 5.41) is 14.0. The number of nitrogens with zero attached hydrogens (tertiary/aromatic N) is 5. The van der Waals surface area contributed by atoms with E-state index in [0.29, 0.717) is 33.5 Å². The van der Waals surface area contributed by atoms with Gasteiger partial charge in [-0.2, -0.15) is 0 Å². The highest BCUT2D eigenvalue weighted by molar-refractivity contribution is 7.98. The Morgan fingerprint density at radius 1 is 1.10 bits per heavy atom. The molecule has 30 heavy (non-hydrogen) atoms. The third kappa shape index (κ3) is 2.94. The molecule has 0 N–H and O–H groups in total. The van der Waals surface area contributed by atoms with Crippen molar-refractivity contribution < 1.29 is 9.26 Å². The zero-order chi connectivity index (χ0) is 20.7. The molecular formula is C21H17N5O3S. The summed E-state index contributed by atoms with van der Waals surface area (Å²) in [6.45, 7) is 0. The summed E-state index contributed by atoms with van der Waals surface area (Å²) in [6.07, 6.45) is 0. The second-order valence-corrected chi connectivity index (χ2v) is 7.61. The van der Waals surface area contributed by atoms with Crippen molar-refractivity contribution in [3.63, 3.8) is 0 Å². The molecule has 0 spiro atoms. The normalized spacial score (nSPS) is 11.4. The first kappa shape index (κ1) is 18.4. The molecule has 0 atom stereocenters. The maximum absolute atomic E-state index is 12.6. The molecule has 150 valence electrons. The second kappa shape index (κ2) is 7.34. The molecule has 5 rings (SSSR count). The van der Waals surface area contributed by atoms with Gasteiger partial charge < -0.3 is 9.26 Å². The number of benzene rings is 2. The molecule has 0 bridgehead atoms. The summed E-state index contributed by atoms with van der Waals surface area (Å²) < 4.78 is 14.3. The van der Waals surface area contributed by atoms with Crippen molar-refractivity contribution in [3.05, 3.63) is 70.7 Å². The van der Waals surface area contributed by atoms with E-state index in [2.05, 4.69) is 15.4 Å². The summed E-state index contributed by atoms with van der Waals surface area (Å²) in [4.78, 5) is 12.6. The van der Waals surface area contributed by atoms with Crippen LogP contribution >= 0.6 is 11.8 Å². The van der Waals surface area contributed by atoms with Crippen LogP contribution in [0.2, 0.25) is 0 Å². The largest absolute Gasteiger partial charge is 0.496 e. The van der Waals surface area contributed by atoms with E-state index in [4.69, 9.17) is 9.26 Å². The van der Waals surface area contributed by atoms with Gasteiger partial charge in [-0.05, 0) is 24.3 Å². The Bertz CT molecular complexity index is 1440. The van der Waals surface area contributed by atoms with Crippen molar-refractivity contribution in [3.8, 4) is 17.0 Å². The van der Waals surface area contributed by atoms with Gasteiger partial charge in [0.05, 0.1) is 23.8 Å². The number of rotatable bonds is 5. The van der Waals surface area contributed by atoms with Crippen LogP contribution in [0.1, 0.15) is 5.76 Å². The third-order valence-electron chi connectivity index (χ3n) is 4.88. The Morgan fingerprint density at radius 3 is 2.77 bits per heavy atom. The van der Waals surface area contributed by atoms with Gasteiger partial charge in [-0.15, -0.1) is 10.2 Å². The van der Waals surface area contributed by atoms with Crippen LogP contribution in [0.4, 0.5) is 0 Å². The fourth-order valence-corrected chi connectivity index (χ4v) is 4.22. The van der Waals surface area contributed by atoms with Crippen LogP contribution in [0.25, 0.3) is 27.9 Å². The number of methoxy groups -OCH3 is 1. The molecule has 2 aromatic carbocycles. The zero-order valence-corrected chi connectivity index (χ0v) is 17.1. The van der Waals surface area contributed by atoms with E-state index in [1.165, 1.54) is 16.3 Å². The maximum Gasteiger partial charge on any atom is 0.262 e. The highest BCUT2D eigenvalue weighted by Crippen LogP contribution is 2.31. The summed E-state index contributed by atoms with van der Waals surface area (Å²) in [5.74, 6) is 2.45. The minimum atomic E-state index is -0.0984. The first-order chi connectivity index (χ1) is 14.7. The highest BCUT2D eigenvalue weighted by Gasteiger charge is 2.16. The summed E-state index contributed by atoms with van der Waals surface area (Å²) in [5.41, 5.74) is 2.25. The van der Waals surface area contributed by atoms with Gasteiger partial charge >= 0.3 is 0 Å². The molecule has 3 heterocycles. The number of thioether (sulfide) groups is 1. The Labute approximate surface area is 175 Å². The molecule has 5 aromatic rings. The number of hydrogen-bond acceptors (Lipinski definition) is 7. The minimum absolute atomic E-state index is 0.0984. The molecule has 0 amide bonds. The van der Waals surface area contributed by atoms with Crippen LogP contribution in [0, 0.1) is 0 Å². The Hall–Kier alpha value is -3.59. The van der Waals surface area contributed by atoms with Crippen LogP contribution < -0.4 is 10.3 Å². The van der Waals surface area contributed by atoms with E-state index in [0.717, 1.165) is 16.8 Å². The quantitative estimate of drug-likeness (QED) is 0.403. The average molecular weight is 419 g/mol. The first-order valence-electron chi connectivity index (χ1n) is 9.22. The number of fused-ring (bicyclic) bond motifs is 3. The average Bonchev–Trinajstić information content (AvgIpc) is 3.43. The SMILES string of the molecule is COc1ccccc1-c1cc(CSc2nnc3n(C)c(=O)c4ccccc4n23)on1. The van der Waals surface area contributed by atoms with E-state index in [-0.39, 0.29) is 5.56 Å². The molecular weight excluding hydrogens is 402 g/mol. The molecule has 0 aliphatic rings. The molecule has 0 aliphatic heterocycles. The predicted molar refractivity (Wildman–Crippen MR) is 114 cm³/mol. The van der Waals surface area contributed by atoms with Crippen molar-refractivity contribution >= 4 is 28.4 Å². The van der Waals surface area contributed by atoms with Crippen molar-refractivity contribution in [2.45, 2.75) is 10.9 Å². The standard InChI is InChI=1S/C21H17N5O3S/c1-25-19(27)15-8-3-5-9-17(15)26-20(25)22-23-21(26)30-12-13-11-16(24-29-13)14-7-4-6-10-18(14)28-2/h3-11H,12H2,1-2H3. The van der Waals surface area contributed by atoms with Gasteiger partial charge in [0.15, 0.2) is 5.16 Å². The van der Waals surface area contributed by atoms with Crippen LogP contribution in [0.15, 0.2) is 69.1 Å². The molecule has 3 aromatic heterocycles. The van der Waals surface area contributed by atoms with E-state index >= 15 is 0 Å². The van der Waals surface area contributed by atoms with Crippen molar-refractivity contribution in [1.82, 2.24) is 24.3 Å². The fraction of sp³-hybridized carbons (Fsp3) is 0.143. The van der Waals surface area contributed by atoms with E-state index in [9.17, 15) is 4.79 Å². The molecule has 9 heteroatoms. The van der Waals surface area contributed by atoms with Crippen LogP contribution in [0.3, 0.4) is 0 Å². The van der Waals surface area contributed by atoms with Gasteiger partial charge in [0.25, 0.3) is 5.56 Å². The van der Waals surface area contributed by atoms with E-state index < -0.39 is 0 Å². The molecule has 0 fully saturated rings. The lowest BCUT2D eigenvalue weighted by Gasteiger charge is -2.06. The second-order valence-electron chi connectivity index (χ2n) is 6.67. The molecule has 0 saturated heterocycles. The van der Waals surface area contributed by atoms with Gasteiger partial charge in [-0.3, -0.25) is 13.8 Å². The topological polar surface area (TPSA) is 87.5 Å². The van der Waals surface area contributed by atoms with Gasteiger partial charge in [0, 0.05) is 18.7 Å². The van der Waals surface area contributed by atoms with Crippen LogP contribution in [0.5, 0.6) is 5.75 Å². The predicted octanol–water partition coefficient (Wildman–Crippen LogP) is 3.54. The van der Waals surface area contributed by atoms with Crippen molar-refractivity contribution in [2.24, 2.45) is 7.05 Å². The first-order valence-corrected chi connectivity index (χ1v) is 10.2. The zero-order valence-electron chi connectivity index (χ0n) is 16.3. The molecule has 0 unspecified atom stereocenters. The fourth-order valence-electron chi connectivity index (χ4n) is 3.40. The molecule has 0 radical (unpaired) electrons. The number of ether oxygens (including phenoxy) is 1. The van der Waals surface area contributed by atoms with Crippen LogP contribution in [-0.4, -0.2) is 31.4 Å². The maximum atomic E-state index is 12.6. The molecule has 0 aliphatic carbocycles. The number of aryl methyl sites for hydroxylation is 1. The van der Waals surface area contributed by atoms with E-state index in [1.54, 1.807) is 14.2 Å². The Balaban J connectivity index is 1.48. The number of para-hydroxylation sites is 2. The van der Waals surface area contributed by atoms with Crippen molar-refractivity contribution in [1.29, 1.82) is 0 Å². The lowest BCUT2D eigenvalue weighted by molar-refractivity contribution is 0.395. The monoisotopic (exact) mass is 419 g/mol. The van der Waals surface area contributed by atoms with E-state index in [1.807, 2.05) is 59.0 Å². The molecule has 0 saturated carbocycles. The molecule has 8 nitrogen and oxygen atoms in total. The van der Waals surface area contributed by atoms with Crippen molar-refractivity contribution in [2.75, 3.05) is 7.11 Å². The summed E-state index contributed by atoms with van der Waals surface area (Å²) in [6, 6.07) is 17.0. The smallest absolute Gasteiger partial charge is 0.262 e. The van der Waals surface area contributed by atoms with Crippen LogP contribution in [-0.2, 0) is 12.8 Å². The Morgan fingerprint density at radius 2 is 1.90 bits per heavy atom. The Kier molecular flexibility index (Phi) is 4.51.